The van der Waals surface area contributed by atoms with Crippen molar-refractivity contribution in [3.63, 3.8) is 0 Å². The molecule has 0 aliphatic carbocycles. The van der Waals surface area contributed by atoms with E-state index in [4.69, 9.17) is 8.85 Å². The molecule has 0 aromatic carbocycles. The average Bonchev–Trinajstić information content (AvgIpc) is 3.50. The molecule has 0 radical (unpaired) electrons. The van der Waals surface area contributed by atoms with Crippen molar-refractivity contribution in [1.29, 1.82) is 0 Å². The molecule has 25 heavy (non-hydrogen) atoms. The minimum Gasteiger partial charge on any atom is -0.385 e. The fourth-order valence-corrected chi connectivity index (χ4v) is 9.23. The van der Waals surface area contributed by atoms with Gasteiger partial charge in [-0.25, -0.2) is 0 Å². The normalized spacial score (nSPS) is 45.7. The van der Waals surface area contributed by atoms with Gasteiger partial charge in [0.15, 0.2) is 0 Å². The summed E-state index contributed by atoms with van der Waals surface area (Å²) in [5.41, 5.74) is 0.634. The lowest BCUT2D eigenvalue weighted by Gasteiger charge is -2.14. The van der Waals surface area contributed by atoms with Crippen LogP contribution >= 0.6 is 0 Å². The highest BCUT2D eigenvalue weighted by Crippen LogP contribution is 2.47. The first-order chi connectivity index (χ1) is 12.4. The number of nitrogens with zero attached hydrogens (tertiary/aromatic N) is 2. The van der Waals surface area contributed by atoms with Gasteiger partial charge in [-0.05, 0) is 32.2 Å². The summed E-state index contributed by atoms with van der Waals surface area (Å²) in [7, 11) is -0.163. The molecule has 4 nitrogen and oxygen atoms in total. The highest BCUT2D eigenvalue weighted by molar-refractivity contribution is 6.76. The van der Waals surface area contributed by atoms with Crippen molar-refractivity contribution in [2.75, 3.05) is 20.2 Å². The second-order valence-electron chi connectivity index (χ2n) is 8.68. The van der Waals surface area contributed by atoms with Crippen LogP contribution in [0.25, 0.3) is 0 Å². The van der Waals surface area contributed by atoms with Gasteiger partial charge in [0.1, 0.15) is 6.23 Å². The van der Waals surface area contributed by atoms with Crippen molar-refractivity contribution in [2.45, 2.75) is 108 Å². The van der Waals surface area contributed by atoms with Crippen LogP contribution in [0.5, 0.6) is 0 Å². The van der Waals surface area contributed by atoms with Crippen LogP contribution in [-0.2, 0) is 8.85 Å². The third-order valence-electron chi connectivity index (χ3n) is 7.00. The Morgan fingerprint density at radius 1 is 0.720 bits per heavy atom. The van der Waals surface area contributed by atoms with E-state index in [0.29, 0.717) is 17.9 Å². The summed E-state index contributed by atoms with van der Waals surface area (Å²) in [5.74, 6) is 0. The van der Waals surface area contributed by atoms with E-state index in [1.807, 2.05) is 7.11 Å². The molecule has 5 heteroatoms. The lowest BCUT2D eigenvalue weighted by molar-refractivity contribution is 0.158. The van der Waals surface area contributed by atoms with Crippen LogP contribution in [0.2, 0.25) is 0 Å². The Hall–Kier alpha value is 0.0569. The fourth-order valence-electron chi connectivity index (χ4n) is 5.36. The zero-order valence-electron chi connectivity index (χ0n) is 16.3. The lowest BCUT2D eigenvalue weighted by Crippen LogP contribution is -2.36. The van der Waals surface area contributed by atoms with Gasteiger partial charge < -0.3 is 8.85 Å². The third-order valence-corrected chi connectivity index (χ3v) is 10.7. The highest BCUT2D eigenvalue weighted by atomic mass is 28.4. The molecular formula is C20H38N2O2Si. The van der Waals surface area contributed by atoms with Crippen LogP contribution in [0.15, 0.2) is 0 Å². The summed E-state index contributed by atoms with van der Waals surface area (Å²) in [5, 5.41) is 0. The Morgan fingerprint density at radius 2 is 1.32 bits per heavy atom. The molecule has 144 valence electrons. The average molecular weight is 367 g/mol. The van der Waals surface area contributed by atoms with Gasteiger partial charge in [-0.1, -0.05) is 64.2 Å². The van der Waals surface area contributed by atoms with Crippen LogP contribution in [0.3, 0.4) is 0 Å². The van der Waals surface area contributed by atoms with E-state index in [0.717, 1.165) is 0 Å². The molecule has 6 atom stereocenters. The first-order valence-corrected chi connectivity index (χ1v) is 13.0. The van der Waals surface area contributed by atoms with E-state index < -0.39 is 8.72 Å². The van der Waals surface area contributed by atoms with Gasteiger partial charge in [0.25, 0.3) is 0 Å². The van der Waals surface area contributed by atoms with Crippen molar-refractivity contribution in [3.05, 3.63) is 0 Å². The van der Waals surface area contributed by atoms with Gasteiger partial charge in [0.2, 0.25) is 0 Å². The molecule has 0 spiro atoms. The van der Waals surface area contributed by atoms with Gasteiger partial charge in [0.05, 0.1) is 11.7 Å². The van der Waals surface area contributed by atoms with Gasteiger partial charge in [-0.15, -0.1) is 0 Å². The number of hydrogen-bond donors (Lipinski definition) is 0. The predicted octanol–water partition coefficient (Wildman–Crippen LogP) is 4.31. The van der Waals surface area contributed by atoms with Crippen LogP contribution in [0.4, 0.5) is 0 Å². The summed E-state index contributed by atoms with van der Waals surface area (Å²) < 4.78 is 15.7. The second kappa shape index (κ2) is 8.38. The Morgan fingerprint density at radius 3 is 2.04 bits per heavy atom. The first kappa shape index (κ1) is 18.4. The largest absolute Gasteiger partial charge is 0.446 e. The van der Waals surface area contributed by atoms with E-state index in [9.17, 15) is 0 Å². The minimum atomic E-state index is -2.09. The summed E-state index contributed by atoms with van der Waals surface area (Å²) in [4.78, 5) is 2.64. The molecule has 4 fully saturated rings. The zero-order chi connectivity index (χ0) is 17.1. The summed E-state index contributed by atoms with van der Waals surface area (Å²) >= 11 is 0. The SMILES string of the molecule is CO[Si]1(OC2C3CCCCCCCCN32)C2CCCCCCCCN21. The summed E-state index contributed by atoms with van der Waals surface area (Å²) in [6.07, 6.45) is 19.7. The Balaban J connectivity index is 1.37. The molecule has 6 unspecified atom stereocenters. The van der Waals surface area contributed by atoms with Crippen LogP contribution in [0, 0.1) is 0 Å². The number of rotatable bonds is 3. The standard InChI is InChI=1S/C20H38N2O2Si/c1-23-25(19-15-11-7-3-5-9-13-17-22(19)25)24-20-18-14-10-6-2-4-8-12-16-21(18)20/h18-20H,2-17H2,1H3. The monoisotopic (exact) mass is 366 g/mol. The van der Waals surface area contributed by atoms with Crippen LogP contribution in [-0.4, -0.2) is 56.3 Å². The maximum absolute atomic E-state index is 6.86. The smallest absolute Gasteiger partial charge is 0.385 e. The van der Waals surface area contributed by atoms with E-state index in [-0.39, 0.29) is 0 Å². The predicted molar refractivity (Wildman–Crippen MR) is 103 cm³/mol. The first-order valence-electron chi connectivity index (χ1n) is 11.1. The molecular weight excluding hydrogens is 328 g/mol. The summed E-state index contributed by atoms with van der Waals surface area (Å²) in [6.45, 7) is 2.45. The van der Waals surface area contributed by atoms with Crippen LogP contribution in [0.1, 0.15) is 89.9 Å². The molecule has 4 heterocycles. The van der Waals surface area contributed by atoms with E-state index in [2.05, 4.69) is 9.47 Å². The molecule has 0 saturated carbocycles. The minimum absolute atomic E-state index is 0.377. The number of hydrogen-bond acceptors (Lipinski definition) is 4. The van der Waals surface area contributed by atoms with E-state index in [1.165, 1.54) is 103 Å². The second-order valence-corrected chi connectivity index (χ2v) is 11.8. The fraction of sp³-hybridized carbons (Fsp3) is 1.00. The molecule has 4 rings (SSSR count). The van der Waals surface area contributed by atoms with Crippen molar-refractivity contribution in [3.8, 4) is 0 Å². The molecule has 4 saturated heterocycles. The van der Waals surface area contributed by atoms with Gasteiger partial charge in [-0.2, -0.15) is 0 Å². The van der Waals surface area contributed by atoms with Gasteiger partial charge in [-0.3, -0.25) is 9.47 Å². The Labute approximate surface area is 155 Å². The number of fused-ring (bicyclic) bond motifs is 2. The molecule has 4 aliphatic heterocycles. The lowest BCUT2D eigenvalue weighted by atomic mass is 10.1. The topological polar surface area (TPSA) is 24.5 Å². The summed E-state index contributed by atoms with van der Waals surface area (Å²) in [6, 6.07) is 0.691. The van der Waals surface area contributed by atoms with Crippen molar-refractivity contribution in [1.82, 2.24) is 9.47 Å². The van der Waals surface area contributed by atoms with Gasteiger partial charge >= 0.3 is 8.72 Å². The zero-order valence-corrected chi connectivity index (χ0v) is 17.3. The van der Waals surface area contributed by atoms with Crippen molar-refractivity contribution in [2.24, 2.45) is 0 Å². The Bertz CT molecular complexity index is 404. The van der Waals surface area contributed by atoms with Crippen LogP contribution < -0.4 is 0 Å². The van der Waals surface area contributed by atoms with Gasteiger partial charge in [0, 0.05) is 13.7 Å². The van der Waals surface area contributed by atoms with Crippen molar-refractivity contribution >= 4 is 8.72 Å². The quantitative estimate of drug-likeness (QED) is 0.549. The van der Waals surface area contributed by atoms with E-state index in [1.54, 1.807) is 0 Å². The maximum Gasteiger partial charge on any atom is 0.446 e. The molecule has 0 bridgehead atoms. The maximum atomic E-state index is 6.86. The molecule has 0 N–H and O–H groups in total. The van der Waals surface area contributed by atoms with Crippen molar-refractivity contribution < 1.29 is 8.85 Å². The van der Waals surface area contributed by atoms with E-state index >= 15 is 0 Å². The molecule has 4 aliphatic rings. The highest BCUT2D eigenvalue weighted by Gasteiger charge is 2.72. The Kier molecular flexibility index (Phi) is 6.18. The third kappa shape index (κ3) is 4.01. The molecule has 0 amide bonds. The molecule has 0 aromatic rings. The molecule has 0 aromatic heterocycles.